The summed E-state index contributed by atoms with van der Waals surface area (Å²) in [6.45, 7) is 12.1. The maximum Gasteiger partial charge on any atom is 0.407 e. The van der Waals surface area contributed by atoms with Crippen LogP contribution in [0.2, 0.25) is 0 Å². The number of amides is 1. The summed E-state index contributed by atoms with van der Waals surface area (Å²) >= 11 is 0. The zero-order valence-corrected chi connectivity index (χ0v) is 13.7. The third kappa shape index (κ3) is 7.75. The highest BCUT2D eigenvalue weighted by Crippen LogP contribution is 2.11. The zero-order chi connectivity index (χ0) is 15.9. The van der Waals surface area contributed by atoms with Gasteiger partial charge in [0.1, 0.15) is 5.60 Å². The zero-order valence-electron chi connectivity index (χ0n) is 13.7. The molecule has 1 heterocycles. The van der Waals surface area contributed by atoms with Crippen LogP contribution in [0.15, 0.2) is 23.0 Å². The molecule has 0 bridgehead atoms. The Morgan fingerprint density at radius 1 is 1.33 bits per heavy atom. The normalized spacial score (nSPS) is 13.2. The minimum Gasteiger partial charge on any atom is -0.472 e. The Morgan fingerprint density at radius 3 is 2.57 bits per heavy atom. The van der Waals surface area contributed by atoms with Crippen molar-refractivity contribution in [3.8, 4) is 0 Å². The number of nitrogens with one attached hydrogen (secondary N) is 2. The molecule has 0 aliphatic carbocycles. The molecule has 2 N–H and O–H groups in total. The number of carbonyl (C=O) groups is 1. The summed E-state index contributed by atoms with van der Waals surface area (Å²) < 4.78 is 10.3. The third-order valence-corrected chi connectivity index (χ3v) is 3.17. The second-order valence-corrected chi connectivity index (χ2v) is 6.65. The van der Waals surface area contributed by atoms with Gasteiger partial charge in [0, 0.05) is 25.2 Å². The van der Waals surface area contributed by atoms with Crippen LogP contribution in [0.25, 0.3) is 0 Å². The lowest BCUT2D eigenvalue weighted by Gasteiger charge is -2.24. The molecule has 0 fully saturated rings. The molecule has 0 saturated carbocycles. The summed E-state index contributed by atoms with van der Waals surface area (Å²) in [6, 6.07) is 1.94. The van der Waals surface area contributed by atoms with E-state index in [-0.39, 0.29) is 6.09 Å². The molecule has 1 rings (SSSR count). The van der Waals surface area contributed by atoms with Crippen molar-refractivity contribution in [2.75, 3.05) is 13.1 Å². The van der Waals surface area contributed by atoms with E-state index in [1.54, 1.807) is 12.5 Å². The van der Waals surface area contributed by atoms with Crippen LogP contribution in [0, 0.1) is 11.8 Å². The van der Waals surface area contributed by atoms with Crippen LogP contribution in [0.3, 0.4) is 0 Å². The smallest absolute Gasteiger partial charge is 0.407 e. The van der Waals surface area contributed by atoms with Crippen LogP contribution in [0.5, 0.6) is 0 Å². The minimum absolute atomic E-state index is 0.351. The molecule has 1 aromatic rings. The number of carbonyl (C=O) groups excluding carboxylic acids is 1. The predicted octanol–water partition coefficient (Wildman–Crippen LogP) is 3.17. The first-order chi connectivity index (χ1) is 9.78. The van der Waals surface area contributed by atoms with Crippen molar-refractivity contribution in [1.82, 2.24) is 10.6 Å². The lowest BCUT2D eigenvalue weighted by atomic mass is 9.95. The Bertz CT molecular complexity index is 408. The van der Waals surface area contributed by atoms with Crippen LogP contribution in [0.4, 0.5) is 4.79 Å². The Kier molecular flexibility index (Phi) is 6.75. The average Bonchev–Trinajstić information content (AvgIpc) is 2.83. The molecule has 0 aliphatic rings. The first kappa shape index (κ1) is 17.6. The summed E-state index contributed by atoms with van der Waals surface area (Å²) in [7, 11) is 0. The quantitative estimate of drug-likeness (QED) is 0.811. The summed E-state index contributed by atoms with van der Waals surface area (Å²) in [5.41, 5.74) is 0.661. The van der Waals surface area contributed by atoms with Crippen molar-refractivity contribution in [1.29, 1.82) is 0 Å². The van der Waals surface area contributed by atoms with Crippen molar-refractivity contribution >= 4 is 6.09 Å². The van der Waals surface area contributed by atoms with Gasteiger partial charge in [-0.1, -0.05) is 13.8 Å². The molecule has 5 nitrogen and oxygen atoms in total. The van der Waals surface area contributed by atoms with Crippen LogP contribution in [-0.4, -0.2) is 24.8 Å². The van der Waals surface area contributed by atoms with E-state index in [0.717, 1.165) is 18.7 Å². The largest absolute Gasteiger partial charge is 0.472 e. The highest BCUT2D eigenvalue weighted by molar-refractivity contribution is 5.67. The highest BCUT2D eigenvalue weighted by Gasteiger charge is 2.18. The lowest BCUT2D eigenvalue weighted by Crippen LogP contribution is -2.39. The fraction of sp³-hybridized carbons (Fsp3) is 0.688. The molecule has 120 valence electrons. The van der Waals surface area contributed by atoms with Crippen LogP contribution >= 0.6 is 0 Å². The number of furan rings is 1. The number of hydrogen-bond donors (Lipinski definition) is 2. The molecular weight excluding hydrogens is 268 g/mol. The molecule has 1 atom stereocenters. The molecule has 0 aliphatic heterocycles. The lowest BCUT2D eigenvalue weighted by molar-refractivity contribution is 0.0515. The van der Waals surface area contributed by atoms with E-state index >= 15 is 0 Å². The molecule has 0 saturated heterocycles. The summed E-state index contributed by atoms with van der Waals surface area (Å²) in [6.07, 6.45) is 3.04. The minimum atomic E-state index is -0.461. The topological polar surface area (TPSA) is 63.5 Å². The van der Waals surface area contributed by atoms with Gasteiger partial charge in [0.05, 0.1) is 12.5 Å². The number of rotatable bonds is 7. The fourth-order valence-corrected chi connectivity index (χ4v) is 1.87. The second-order valence-electron chi connectivity index (χ2n) is 6.65. The van der Waals surface area contributed by atoms with Gasteiger partial charge >= 0.3 is 6.09 Å². The predicted molar refractivity (Wildman–Crippen MR) is 83.0 cm³/mol. The van der Waals surface area contributed by atoms with Gasteiger partial charge in [0.25, 0.3) is 0 Å². The molecule has 5 heteroatoms. The van der Waals surface area contributed by atoms with Gasteiger partial charge in [-0.15, -0.1) is 0 Å². The SMILES string of the molecule is CC(C)C(CNCc1ccoc1)CNC(=O)OC(C)(C)C. The van der Waals surface area contributed by atoms with Gasteiger partial charge in [0.2, 0.25) is 0 Å². The van der Waals surface area contributed by atoms with Gasteiger partial charge in [0.15, 0.2) is 0 Å². The number of ether oxygens (including phenoxy) is 1. The fourth-order valence-electron chi connectivity index (χ4n) is 1.87. The maximum absolute atomic E-state index is 11.7. The summed E-state index contributed by atoms with van der Waals surface area (Å²) in [5.74, 6) is 0.821. The summed E-state index contributed by atoms with van der Waals surface area (Å²) in [5, 5.41) is 6.23. The van der Waals surface area contributed by atoms with Crippen LogP contribution in [-0.2, 0) is 11.3 Å². The first-order valence-corrected chi connectivity index (χ1v) is 7.46. The number of hydrogen-bond acceptors (Lipinski definition) is 4. The van der Waals surface area contributed by atoms with Crippen molar-refractivity contribution in [2.45, 2.75) is 46.8 Å². The maximum atomic E-state index is 11.7. The molecule has 0 spiro atoms. The molecule has 1 unspecified atom stereocenters. The van der Waals surface area contributed by atoms with Gasteiger partial charge in [-0.05, 0) is 38.7 Å². The molecule has 1 aromatic heterocycles. The van der Waals surface area contributed by atoms with E-state index in [0.29, 0.717) is 18.4 Å². The van der Waals surface area contributed by atoms with E-state index < -0.39 is 5.60 Å². The van der Waals surface area contributed by atoms with Gasteiger partial charge in [-0.3, -0.25) is 0 Å². The molecule has 1 amide bonds. The Labute approximate surface area is 127 Å². The van der Waals surface area contributed by atoms with Gasteiger partial charge < -0.3 is 19.8 Å². The highest BCUT2D eigenvalue weighted by atomic mass is 16.6. The third-order valence-electron chi connectivity index (χ3n) is 3.17. The van der Waals surface area contributed by atoms with E-state index in [4.69, 9.17) is 9.15 Å². The average molecular weight is 296 g/mol. The van der Waals surface area contributed by atoms with Crippen molar-refractivity contribution in [3.63, 3.8) is 0 Å². The molecule has 0 radical (unpaired) electrons. The van der Waals surface area contributed by atoms with Crippen LogP contribution in [0.1, 0.15) is 40.2 Å². The van der Waals surface area contributed by atoms with E-state index in [1.165, 1.54) is 0 Å². The Balaban J connectivity index is 2.31. The van der Waals surface area contributed by atoms with Gasteiger partial charge in [-0.25, -0.2) is 4.79 Å². The Hall–Kier alpha value is -1.49. The first-order valence-electron chi connectivity index (χ1n) is 7.46. The van der Waals surface area contributed by atoms with Crippen molar-refractivity contribution in [3.05, 3.63) is 24.2 Å². The van der Waals surface area contributed by atoms with Crippen molar-refractivity contribution in [2.24, 2.45) is 11.8 Å². The number of alkyl carbamates (subject to hydrolysis) is 1. The standard InChI is InChI=1S/C16H28N2O3/c1-12(2)14(9-17-8-13-6-7-20-11-13)10-18-15(19)21-16(3,4)5/h6-7,11-12,14,17H,8-10H2,1-5H3,(H,18,19). The second kappa shape index (κ2) is 8.08. The van der Waals surface area contributed by atoms with E-state index in [9.17, 15) is 4.79 Å². The summed E-state index contributed by atoms with van der Waals surface area (Å²) in [4.78, 5) is 11.7. The Morgan fingerprint density at radius 2 is 2.05 bits per heavy atom. The van der Waals surface area contributed by atoms with E-state index in [2.05, 4.69) is 24.5 Å². The van der Waals surface area contributed by atoms with Crippen LogP contribution < -0.4 is 10.6 Å². The van der Waals surface area contributed by atoms with Gasteiger partial charge in [-0.2, -0.15) is 0 Å². The molecular formula is C16H28N2O3. The molecule has 21 heavy (non-hydrogen) atoms. The molecule has 0 aromatic carbocycles. The van der Waals surface area contributed by atoms with Crippen molar-refractivity contribution < 1.29 is 13.9 Å². The monoisotopic (exact) mass is 296 g/mol. The van der Waals surface area contributed by atoms with E-state index in [1.807, 2.05) is 26.8 Å².